The molecule has 2 rings (SSSR count). The molecule has 1 heterocycles. The average molecular weight is 205 g/mol. The third kappa shape index (κ3) is 1.81. The van der Waals surface area contributed by atoms with Crippen LogP contribution in [0.5, 0.6) is 5.75 Å². The van der Waals surface area contributed by atoms with E-state index in [4.69, 9.17) is 4.74 Å². The van der Waals surface area contributed by atoms with E-state index in [1.807, 2.05) is 6.07 Å². The van der Waals surface area contributed by atoms with E-state index in [1.54, 1.807) is 7.11 Å². The zero-order valence-electron chi connectivity index (χ0n) is 9.71. The Balaban J connectivity index is 2.31. The maximum absolute atomic E-state index is 5.27. The van der Waals surface area contributed by atoms with Crippen molar-refractivity contribution >= 4 is 5.69 Å². The molecule has 1 aromatic rings. The van der Waals surface area contributed by atoms with Crippen molar-refractivity contribution in [1.82, 2.24) is 0 Å². The Morgan fingerprint density at radius 1 is 1.53 bits per heavy atom. The topological polar surface area (TPSA) is 21.3 Å². The highest BCUT2D eigenvalue weighted by Crippen LogP contribution is 2.39. The largest absolute Gasteiger partial charge is 0.497 e. The van der Waals surface area contributed by atoms with E-state index < -0.39 is 0 Å². The molecule has 1 aliphatic rings. The average Bonchev–Trinajstić information content (AvgIpc) is 2.70. The van der Waals surface area contributed by atoms with Gasteiger partial charge >= 0.3 is 0 Å². The van der Waals surface area contributed by atoms with Crippen molar-refractivity contribution in [3.05, 3.63) is 23.8 Å². The van der Waals surface area contributed by atoms with Gasteiger partial charge in [0.2, 0.25) is 0 Å². The minimum absolute atomic E-state index is 0.639. The lowest BCUT2D eigenvalue weighted by molar-refractivity contribution is 0.412. The lowest BCUT2D eigenvalue weighted by atomic mass is 9.87. The van der Waals surface area contributed by atoms with E-state index in [-0.39, 0.29) is 0 Å². The van der Waals surface area contributed by atoms with Crippen LogP contribution in [0.2, 0.25) is 0 Å². The van der Waals surface area contributed by atoms with Crippen molar-refractivity contribution < 1.29 is 4.74 Å². The molecule has 0 amide bonds. The number of hydrogen-bond acceptors (Lipinski definition) is 2. The Hall–Kier alpha value is -1.18. The fourth-order valence-corrected chi connectivity index (χ4v) is 2.26. The standard InChI is InChI=1S/C13H19NO/c1-4-9(2)12-8-14-13-6-5-10(15-3)7-11(12)13/h5-7,9,12,14H,4,8H2,1-3H3. The molecular formula is C13H19NO. The van der Waals surface area contributed by atoms with Crippen molar-refractivity contribution in [2.45, 2.75) is 26.2 Å². The summed E-state index contributed by atoms with van der Waals surface area (Å²) in [4.78, 5) is 0. The Bertz CT molecular complexity index is 348. The van der Waals surface area contributed by atoms with Crippen LogP contribution in [-0.2, 0) is 0 Å². The highest BCUT2D eigenvalue weighted by molar-refractivity contribution is 5.60. The van der Waals surface area contributed by atoms with E-state index >= 15 is 0 Å². The van der Waals surface area contributed by atoms with Gasteiger partial charge in [0.15, 0.2) is 0 Å². The summed E-state index contributed by atoms with van der Waals surface area (Å²) in [5, 5.41) is 3.46. The first-order valence-electron chi connectivity index (χ1n) is 5.68. The Morgan fingerprint density at radius 3 is 3.00 bits per heavy atom. The van der Waals surface area contributed by atoms with Gasteiger partial charge in [-0.1, -0.05) is 20.3 Å². The van der Waals surface area contributed by atoms with Gasteiger partial charge in [0.25, 0.3) is 0 Å². The van der Waals surface area contributed by atoms with Crippen LogP contribution in [0.15, 0.2) is 18.2 Å². The van der Waals surface area contributed by atoms with Gasteiger partial charge in [-0.15, -0.1) is 0 Å². The summed E-state index contributed by atoms with van der Waals surface area (Å²) in [5.74, 6) is 2.33. The van der Waals surface area contributed by atoms with Gasteiger partial charge in [0.1, 0.15) is 5.75 Å². The van der Waals surface area contributed by atoms with Crippen LogP contribution in [0.3, 0.4) is 0 Å². The van der Waals surface area contributed by atoms with Gasteiger partial charge in [0, 0.05) is 18.2 Å². The first-order chi connectivity index (χ1) is 7.26. The molecule has 2 atom stereocenters. The van der Waals surface area contributed by atoms with Crippen molar-refractivity contribution in [1.29, 1.82) is 0 Å². The molecule has 2 heteroatoms. The first kappa shape index (κ1) is 10.3. The van der Waals surface area contributed by atoms with Crippen LogP contribution in [0.4, 0.5) is 5.69 Å². The van der Waals surface area contributed by atoms with Crippen molar-refractivity contribution in [2.75, 3.05) is 19.0 Å². The molecule has 0 spiro atoms. The van der Waals surface area contributed by atoms with Crippen LogP contribution in [-0.4, -0.2) is 13.7 Å². The fourth-order valence-electron chi connectivity index (χ4n) is 2.26. The SMILES string of the molecule is CCC(C)C1CNc2ccc(OC)cc21. The summed E-state index contributed by atoms with van der Waals surface area (Å²) >= 11 is 0. The summed E-state index contributed by atoms with van der Waals surface area (Å²) in [5.41, 5.74) is 2.70. The van der Waals surface area contributed by atoms with Gasteiger partial charge in [-0.2, -0.15) is 0 Å². The molecule has 2 nitrogen and oxygen atoms in total. The molecule has 0 aromatic heterocycles. The monoisotopic (exact) mass is 205 g/mol. The predicted octanol–water partition coefficient (Wildman–Crippen LogP) is 3.25. The minimum Gasteiger partial charge on any atom is -0.497 e. The number of ether oxygens (including phenoxy) is 1. The molecule has 0 saturated carbocycles. The summed E-state index contributed by atoms with van der Waals surface area (Å²) < 4.78 is 5.27. The number of hydrogen-bond donors (Lipinski definition) is 1. The van der Waals surface area contributed by atoms with Gasteiger partial charge in [-0.3, -0.25) is 0 Å². The van der Waals surface area contributed by atoms with E-state index in [1.165, 1.54) is 17.7 Å². The summed E-state index contributed by atoms with van der Waals surface area (Å²) in [6.45, 7) is 5.64. The number of rotatable bonds is 3. The molecule has 1 aromatic carbocycles. The van der Waals surface area contributed by atoms with E-state index in [0.29, 0.717) is 5.92 Å². The Labute approximate surface area is 91.6 Å². The molecule has 0 bridgehead atoms. The van der Waals surface area contributed by atoms with Crippen molar-refractivity contribution in [2.24, 2.45) is 5.92 Å². The van der Waals surface area contributed by atoms with Crippen molar-refractivity contribution in [3.8, 4) is 5.75 Å². The molecule has 0 fully saturated rings. The minimum atomic E-state index is 0.639. The van der Waals surface area contributed by atoms with E-state index in [9.17, 15) is 0 Å². The van der Waals surface area contributed by atoms with Crippen LogP contribution in [0.25, 0.3) is 0 Å². The molecule has 0 aliphatic carbocycles. The third-order valence-corrected chi connectivity index (χ3v) is 3.50. The predicted molar refractivity (Wildman–Crippen MR) is 63.7 cm³/mol. The van der Waals surface area contributed by atoms with Gasteiger partial charge in [-0.05, 0) is 29.7 Å². The molecule has 15 heavy (non-hydrogen) atoms. The summed E-state index contributed by atoms with van der Waals surface area (Å²) in [6.07, 6.45) is 1.23. The Kier molecular flexibility index (Phi) is 2.85. The second-order valence-electron chi connectivity index (χ2n) is 4.33. The maximum atomic E-state index is 5.27. The molecular weight excluding hydrogens is 186 g/mol. The van der Waals surface area contributed by atoms with Crippen LogP contribution in [0, 0.1) is 5.92 Å². The quantitative estimate of drug-likeness (QED) is 0.817. The number of anilines is 1. The highest BCUT2D eigenvalue weighted by atomic mass is 16.5. The molecule has 1 N–H and O–H groups in total. The molecule has 0 radical (unpaired) electrons. The molecule has 82 valence electrons. The second kappa shape index (κ2) is 4.13. The van der Waals surface area contributed by atoms with E-state index in [2.05, 4.69) is 31.3 Å². The normalized spacial score (nSPS) is 20.6. The lowest BCUT2D eigenvalue weighted by Gasteiger charge is -2.17. The van der Waals surface area contributed by atoms with Crippen LogP contribution < -0.4 is 10.1 Å². The van der Waals surface area contributed by atoms with Crippen LogP contribution in [0.1, 0.15) is 31.7 Å². The fraction of sp³-hybridized carbons (Fsp3) is 0.538. The number of benzene rings is 1. The van der Waals surface area contributed by atoms with Gasteiger partial charge < -0.3 is 10.1 Å². The van der Waals surface area contributed by atoms with E-state index in [0.717, 1.165) is 18.2 Å². The molecule has 0 saturated heterocycles. The number of methoxy groups -OCH3 is 1. The third-order valence-electron chi connectivity index (χ3n) is 3.50. The van der Waals surface area contributed by atoms with Crippen LogP contribution >= 0.6 is 0 Å². The molecule has 1 aliphatic heterocycles. The second-order valence-corrected chi connectivity index (χ2v) is 4.33. The molecule has 2 unspecified atom stereocenters. The summed E-state index contributed by atoms with van der Waals surface area (Å²) in [7, 11) is 1.72. The zero-order chi connectivity index (χ0) is 10.8. The maximum Gasteiger partial charge on any atom is 0.119 e. The van der Waals surface area contributed by atoms with Gasteiger partial charge in [-0.25, -0.2) is 0 Å². The van der Waals surface area contributed by atoms with Gasteiger partial charge in [0.05, 0.1) is 7.11 Å². The highest BCUT2D eigenvalue weighted by Gasteiger charge is 2.26. The number of nitrogens with one attached hydrogen (secondary N) is 1. The first-order valence-corrected chi connectivity index (χ1v) is 5.68. The smallest absolute Gasteiger partial charge is 0.119 e. The summed E-state index contributed by atoms with van der Waals surface area (Å²) in [6, 6.07) is 6.31. The lowest BCUT2D eigenvalue weighted by Crippen LogP contribution is -2.10. The Morgan fingerprint density at radius 2 is 2.33 bits per heavy atom. The zero-order valence-corrected chi connectivity index (χ0v) is 9.71. The van der Waals surface area contributed by atoms with Crippen molar-refractivity contribution in [3.63, 3.8) is 0 Å². The number of fused-ring (bicyclic) bond motifs is 1.